The molecule has 5 aliphatic rings. The predicted molar refractivity (Wildman–Crippen MR) is 111 cm³/mol. The van der Waals surface area contributed by atoms with E-state index in [2.05, 4.69) is 34.3 Å². The third-order valence-corrected chi connectivity index (χ3v) is 8.13. The molecule has 2 heterocycles. The van der Waals surface area contributed by atoms with Crippen LogP contribution in [0, 0.1) is 23.2 Å². The van der Waals surface area contributed by atoms with Crippen LogP contribution in [0.15, 0.2) is 24.5 Å². The monoisotopic (exact) mass is 382 g/mol. The zero-order chi connectivity index (χ0) is 19.1. The molecule has 152 valence electrons. The van der Waals surface area contributed by atoms with Gasteiger partial charge in [0.05, 0.1) is 0 Å². The summed E-state index contributed by atoms with van der Waals surface area (Å²) in [4.78, 5) is 21.6. The van der Waals surface area contributed by atoms with Gasteiger partial charge in [0, 0.05) is 50.3 Å². The van der Waals surface area contributed by atoms with Crippen molar-refractivity contribution >= 4 is 11.7 Å². The van der Waals surface area contributed by atoms with E-state index < -0.39 is 0 Å². The van der Waals surface area contributed by atoms with E-state index in [9.17, 15) is 4.79 Å². The third-order valence-electron chi connectivity index (χ3n) is 8.13. The van der Waals surface area contributed by atoms with E-state index in [-0.39, 0.29) is 6.03 Å². The summed E-state index contributed by atoms with van der Waals surface area (Å²) in [6.45, 7) is 5.65. The van der Waals surface area contributed by atoms with Gasteiger partial charge in [0.15, 0.2) is 0 Å². The van der Waals surface area contributed by atoms with Crippen LogP contribution in [0.25, 0.3) is 0 Å². The summed E-state index contributed by atoms with van der Waals surface area (Å²) in [6.07, 6.45) is 13.2. The second-order valence-electron chi connectivity index (χ2n) is 9.87. The van der Waals surface area contributed by atoms with E-state index in [0.29, 0.717) is 11.5 Å². The molecule has 1 aromatic rings. The molecule has 0 aromatic carbocycles. The van der Waals surface area contributed by atoms with Gasteiger partial charge in [-0.15, -0.1) is 0 Å². The number of nitrogens with zero attached hydrogens (tertiary/aromatic N) is 3. The van der Waals surface area contributed by atoms with Gasteiger partial charge in [0.1, 0.15) is 0 Å². The van der Waals surface area contributed by atoms with Gasteiger partial charge in [-0.1, -0.05) is 6.92 Å². The van der Waals surface area contributed by atoms with Crippen molar-refractivity contribution in [2.45, 2.75) is 57.9 Å². The summed E-state index contributed by atoms with van der Waals surface area (Å²) >= 11 is 0. The second kappa shape index (κ2) is 7.23. The van der Waals surface area contributed by atoms with Crippen molar-refractivity contribution in [3.05, 3.63) is 24.5 Å². The third kappa shape index (κ3) is 3.27. The smallest absolute Gasteiger partial charge is 0.317 e. The van der Waals surface area contributed by atoms with Gasteiger partial charge in [-0.2, -0.15) is 0 Å². The quantitative estimate of drug-likeness (QED) is 0.859. The first-order valence-electron chi connectivity index (χ1n) is 11.4. The van der Waals surface area contributed by atoms with E-state index in [1.807, 2.05) is 17.3 Å². The van der Waals surface area contributed by atoms with Gasteiger partial charge in [-0.3, -0.25) is 4.98 Å². The average molecular weight is 383 g/mol. The number of aromatic nitrogens is 1. The molecule has 6 rings (SSSR count). The number of piperazine rings is 1. The van der Waals surface area contributed by atoms with Crippen molar-refractivity contribution in [3.63, 3.8) is 0 Å². The highest BCUT2D eigenvalue weighted by Crippen LogP contribution is 2.61. The molecule has 0 unspecified atom stereocenters. The molecule has 4 aliphatic carbocycles. The molecule has 4 saturated carbocycles. The molecule has 2 amide bonds. The normalized spacial score (nSPS) is 35.1. The Kier molecular flexibility index (Phi) is 4.72. The molecule has 1 N–H and O–H groups in total. The fraction of sp³-hybridized carbons (Fsp3) is 0.739. The van der Waals surface area contributed by atoms with E-state index in [4.69, 9.17) is 0 Å². The van der Waals surface area contributed by atoms with Crippen LogP contribution in [0.1, 0.15) is 51.9 Å². The summed E-state index contributed by atoms with van der Waals surface area (Å²) in [6, 6.07) is 4.62. The molecule has 0 radical (unpaired) electrons. The van der Waals surface area contributed by atoms with Crippen LogP contribution >= 0.6 is 0 Å². The van der Waals surface area contributed by atoms with Gasteiger partial charge < -0.3 is 15.1 Å². The summed E-state index contributed by atoms with van der Waals surface area (Å²) in [5.41, 5.74) is 1.59. The van der Waals surface area contributed by atoms with Gasteiger partial charge in [0.2, 0.25) is 0 Å². The SMILES string of the molecule is CC[C@H](NC(=O)N1CCN(c2ccncc2)CC1)C12CC3CC(CC(C3)C1)C2. The van der Waals surface area contributed by atoms with Crippen molar-refractivity contribution in [1.82, 2.24) is 15.2 Å². The molecule has 28 heavy (non-hydrogen) atoms. The van der Waals surface area contributed by atoms with Gasteiger partial charge in [-0.05, 0) is 80.2 Å². The average Bonchev–Trinajstić information content (AvgIpc) is 2.71. The number of hydrogen-bond acceptors (Lipinski definition) is 3. The van der Waals surface area contributed by atoms with Crippen LogP contribution in [-0.4, -0.2) is 48.1 Å². The van der Waals surface area contributed by atoms with Crippen molar-refractivity contribution in [3.8, 4) is 0 Å². The zero-order valence-electron chi connectivity index (χ0n) is 17.1. The van der Waals surface area contributed by atoms with E-state index >= 15 is 0 Å². The Morgan fingerprint density at radius 1 is 1.07 bits per heavy atom. The van der Waals surface area contributed by atoms with Gasteiger partial charge in [0.25, 0.3) is 0 Å². The number of carbonyl (C=O) groups excluding carboxylic acids is 1. The minimum atomic E-state index is 0.164. The fourth-order valence-corrected chi connectivity index (χ4v) is 7.26. The van der Waals surface area contributed by atoms with Crippen LogP contribution in [0.3, 0.4) is 0 Å². The number of nitrogens with one attached hydrogen (secondary N) is 1. The minimum absolute atomic E-state index is 0.164. The van der Waals surface area contributed by atoms with Crippen LogP contribution in [-0.2, 0) is 0 Å². The highest BCUT2D eigenvalue weighted by Gasteiger charge is 2.54. The lowest BCUT2D eigenvalue weighted by Crippen LogP contribution is -2.60. The first-order valence-corrected chi connectivity index (χ1v) is 11.4. The fourth-order valence-electron chi connectivity index (χ4n) is 7.26. The topological polar surface area (TPSA) is 48.5 Å². The molecule has 4 bridgehead atoms. The number of hydrogen-bond donors (Lipinski definition) is 1. The van der Waals surface area contributed by atoms with E-state index in [1.54, 1.807) is 0 Å². The second-order valence-corrected chi connectivity index (χ2v) is 9.87. The molecule has 0 spiro atoms. The summed E-state index contributed by atoms with van der Waals surface area (Å²) in [5, 5.41) is 3.51. The van der Waals surface area contributed by atoms with E-state index in [1.165, 1.54) is 44.2 Å². The lowest BCUT2D eigenvalue weighted by molar-refractivity contribution is -0.0727. The van der Waals surface area contributed by atoms with Crippen molar-refractivity contribution in [2.75, 3.05) is 31.1 Å². The maximum Gasteiger partial charge on any atom is 0.317 e. The zero-order valence-corrected chi connectivity index (χ0v) is 17.1. The molecule has 5 fully saturated rings. The Bertz CT molecular complexity index is 663. The van der Waals surface area contributed by atoms with Gasteiger partial charge in [-0.25, -0.2) is 4.79 Å². The largest absolute Gasteiger partial charge is 0.368 e. The highest BCUT2D eigenvalue weighted by atomic mass is 16.2. The molecule has 1 aliphatic heterocycles. The number of amides is 2. The lowest BCUT2D eigenvalue weighted by atomic mass is 9.47. The number of anilines is 1. The number of urea groups is 1. The number of carbonyl (C=O) groups is 1. The predicted octanol–water partition coefficient (Wildman–Crippen LogP) is 3.91. The number of pyridine rings is 1. The maximum absolute atomic E-state index is 13.1. The first kappa shape index (κ1) is 18.3. The minimum Gasteiger partial charge on any atom is -0.368 e. The Balaban J connectivity index is 1.21. The van der Waals surface area contributed by atoms with Crippen molar-refractivity contribution < 1.29 is 4.79 Å². The molecule has 1 aromatic heterocycles. The maximum atomic E-state index is 13.1. The summed E-state index contributed by atoms with van der Waals surface area (Å²) < 4.78 is 0. The Morgan fingerprint density at radius 3 is 2.18 bits per heavy atom. The highest BCUT2D eigenvalue weighted by molar-refractivity contribution is 5.75. The molecule has 1 atom stereocenters. The molecule has 5 heteroatoms. The molecule has 5 nitrogen and oxygen atoms in total. The van der Waals surface area contributed by atoms with Crippen molar-refractivity contribution in [2.24, 2.45) is 23.2 Å². The van der Waals surface area contributed by atoms with Crippen LogP contribution in [0.2, 0.25) is 0 Å². The standard InChI is InChI=1S/C23H34N4O/c1-2-21(23-14-17-11-18(15-23)13-19(12-17)16-23)25-22(28)27-9-7-26(8-10-27)20-3-5-24-6-4-20/h3-6,17-19,21H,2,7-16H2,1H3,(H,25,28)/t17?,18?,19?,21-,23?/m0/s1. The first-order chi connectivity index (χ1) is 13.6. The van der Waals surface area contributed by atoms with Gasteiger partial charge >= 0.3 is 6.03 Å². The molecular weight excluding hydrogens is 348 g/mol. The van der Waals surface area contributed by atoms with Crippen molar-refractivity contribution in [1.29, 1.82) is 0 Å². The van der Waals surface area contributed by atoms with Crippen LogP contribution < -0.4 is 10.2 Å². The Morgan fingerprint density at radius 2 is 1.64 bits per heavy atom. The molecule has 1 saturated heterocycles. The van der Waals surface area contributed by atoms with Crippen LogP contribution in [0.4, 0.5) is 10.5 Å². The van der Waals surface area contributed by atoms with Crippen LogP contribution in [0.5, 0.6) is 0 Å². The summed E-state index contributed by atoms with van der Waals surface area (Å²) in [7, 11) is 0. The summed E-state index contributed by atoms with van der Waals surface area (Å²) in [5.74, 6) is 2.79. The Labute approximate surface area is 168 Å². The molecular formula is C23H34N4O. The Hall–Kier alpha value is -1.78. The lowest BCUT2D eigenvalue weighted by Gasteiger charge is -2.59. The van der Waals surface area contributed by atoms with E-state index in [0.717, 1.165) is 50.4 Å². The number of rotatable bonds is 4.